The van der Waals surface area contributed by atoms with Crippen LogP contribution in [0.5, 0.6) is 0 Å². The summed E-state index contributed by atoms with van der Waals surface area (Å²) >= 11 is 6.02. The molecule has 2 heterocycles. The Hall–Kier alpha value is -1.52. The Balaban J connectivity index is 1.92. The molecule has 0 spiro atoms. The number of likely N-dealkylation sites (tertiary alicyclic amines) is 1. The SMILES string of the molecule is CNC1CCCN(C(=O)c2oc3ccc(Cl)cc3c2C)C1. The molecule has 1 unspecified atom stereocenters. The van der Waals surface area contributed by atoms with Crippen LogP contribution in [-0.2, 0) is 0 Å². The lowest BCUT2D eigenvalue weighted by Gasteiger charge is -2.32. The molecular weight excluding hydrogens is 288 g/mol. The number of furan rings is 1. The number of rotatable bonds is 2. The molecule has 3 rings (SSSR count). The van der Waals surface area contributed by atoms with E-state index in [9.17, 15) is 4.79 Å². The fourth-order valence-electron chi connectivity index (χ4n) is 2.94. The van der Waals surface area contributed by atoms with Gasteiger partial charge < -0.3 is 14.6 Å². The molecule has 1 aliphatic heterocycles. The van der Waals surface area contributed by atoms with Crippen molar-refractivity contribution in [3.05, 3.63) is 34.5 Å². The molecule has 1 aromatic heterocycles. The number of carbonyl (C=O) groups excluding carboxylic acids is 1. The standard InChI is InChI=1S/C16H19ClN2O2/c1-10-13-8-11(17)5-6-14(13)21-15(10)16(20)19-7-3-4-12(9-19)18-2/h5-6,8,12,18H,3-4,7,9H2,1-2H3. The van der Waals surface area contributed by atoms with E-state index < -0.39 is 0 Å². The van der Waals surface area contributed by atoms with Crippen LogP contribution in [-0.4, -0.2) is 37.0 Å². The maximum Gasteiger partial charge on any atom is 0.289 e. The number of nitrogens with zero attached hydrogens (tertiary/aromatic N) is 1. The lowest BCUT2D eigenvalue weighted by Crippen LogP contribution is -2.47. The monoisotopic (exact) mass is 306 g/mol. The fraction of sp³-hybridized carbons (Fsp3) is 0.438. The van der Waals surface area contributed by atoms with Crippen LogP contribution >= 0.6 is 11.6 Å². The summed E-state index contributed by atoms with van der Waals surface area (Å²) in [5, 5.41) is 4.81. The van der Waals surface area contributed by atoms with Crippen LogP contribution in [0.1, 0.15) is 29.0 Å². The smallest absolute Gasteiger partial charge is 0.289 e. The van der Waals surface area contributed by atoms with Crippen molar-refractivity contribution in [3.63, 3.8) is 0 Å². The highest BCUT2D eigenvalue weighted by Gasteiger charge is 2.27. The third kappa shape index (κ3) is 2.65. The molecule has 0 saturated carbocycles. The number of halogens is 1. The first-order chi connectivity index (χ1) is 10.1. The minimum absolute atomic E-state index is 0.0280. The minimum atomic E-state index is -0.0280. The van der Waals surface area contributed by atoms with E-state index in [1.165, 1.54) is 0 Å². The number of aryl methyl sites for hydroxylation is 1. The molecule has 1 N–H and O–H groups in total. The normalized spacial score (nSPS) is 19.2. The van der Waals surface area contributed by atoms with Gasteiger partial charge in [-0.05, 0) is 45.0 Å². The van der Waals surface area contributed by atoms with Crippen LogP contribution in [0.2, 0.25) is 5.02 Å². The molecule has 112 valence electrons. The number of fused-ring (bicyclic) bond motifs is 1. The van der Waals surface area contributed by atoms with Crippen molar-refractivity contribution in [2.45, 2.75) is 25.8 Å². The number of piperidine rings is 1. The maximum absolute atomic E-state index is 12.7. The molecule has 1 atom stereocenters. The number of amides is 1. The van der Waals surface area contributed by atoms with Gasteiger partial charge in [0.05, 0.1) is 0 Å². The van der Waals surface area contributed by atoms with Gasteiger partial charge in [0.1, 0.15) is 5.58 Å². The summed E-state index contributed by atoms with van der Waals surface area (Å²) < 4.78 is 5.77. The van der Waals surface area contributed by atoms with E-state index in [1.54, 1.807) is 6.07 Å². The molecule has 4 nitrogen and oxygen atoms in total. The van der Waals surface area contributed by atoms with Gasteiger partial charge >= 0.3 is 0 Å². The second-order valence-electron chi connectivity index (χ2n) is 5.58. The summed E-state index contributed by atoms with van der Waals surface area (Å²) in [6.45, 7) is 3.43. The summed E-state index contributed by atoms with van der Waals surface area (Å²) in [6, 6.07) is 5.80. The van der Waals surface area contributed by atoms with E-state index >= 15 is 0 Å². The van der Waals surface area contributed by atoms with Crippen LogP contribution < -0.4 is 5.32 Å². The Bertz CT molecular complexity index is 680. The van der Waals surface area contributed by atoms with Crippen molar-refractivity contribution >= 4 is 28.5 Å². The predicted octanol–water partition coefficient (Wildman–Crippen LogP) is 3.22. The Morgan fingerprint density at radius 3 is 3.05 bits per heavy atom. The summed E-state index contributed by atoms with van der Waals surface area (Å²) in [4.78, 5) is 14.6. The average molecular weight is 307 g/mol. The van der Waals surface area contributed by atoms with Gasteiger partial charge in [-0.3, -0.25) is 4.79 Å². The second-order valence-corrected chi connectivity index (χ2v) is 6.01. The zero-order chi connectivity index (χ0) is 15.0. The molecule has 1 amide bonds. The topological polar surface area (TPSA) is 45.5 Å². The lowest BCUT2D eigenvalue weighted by molar-refractivity contribution is 0.0667. The van der Waals surface area contributed by atoms with Crippen molar-refractivity contribution in [2.24, 2.45) is 0 Å². The van der Waals surface area contributed by atoms with Crippen LogP contribution in [0.4, 0.5) is 0 Å². The van der Waals surface area contributed by atoms with Gasteiger partial charge in [-0.15, -0.1) is 0 Å². The number of likely N-dealkylation sites (N-methyl/N-ethyl adjacent to an activating group) is 1. The third-order valence-electron chi connectivity index (χ3n) is 4.21. The van der Waals surface area contributed by atoms with Crippen LogP contribution in [0, 0.1) is 6.92 Å². The van der Waals surface area contributed by atoms with Gasteiger partial charge in [0.25, 0.3) is 5.91 Å². The molecule has 21 heavy (non-hydrogen) atoms. The highest BCUT2D eigenvalue weighted by molar-refractivity contribution is 6.31. The number of hydrogen-bond donors (Lipinski definition) is 1. The highest BCUT2D eigenvalue weighted by Crippen LogP contribution is 2.29. The summed E-state index contributed by atoms with van der Waals surface area (Å²) in [6.07, 6.45) is 2.12. The third-order valence-corrected chi connectivity index (χ3v) is 4.44. The summed E-state index contributed by atoms with van der Waals surface area (Å²) in [7, 11) is 1.94. The molecule has 0 radical (unpaired) electrons. The molecule has 1 fully saturated rings. The van der Waals surface area contributed by atoms with Crippen LogP contribution in [0.3, 0.4) is 0 Å². The zero-order valence-electron chi connectivity index (χ0n) is 12.3. The first-order valence-electron chi connectivity index (χ1n) is 7.25. The summed E-state index contributed by atoms with van der Waals surface area (Å²) in [5.74, 6) is 0.406. The largest absolute Gasteiger partial charge is 0.451 e. The van der Waals surface area contributed by atoms with Crippen molar-refractivity contribution in [3.8, 4) is 0 Å². The lowest BCUT2D eigenvalue weighted by atomic mass is 10.0. The summed E-state index contributed by atoms with van der Waals surface area (Å²) in [5.41, 5.74) is 1.58. The average Bonchev–Trinajstić information content (AvgIpc) is 2.83. The van der Waals surface area contributed by atoms with Gasteiger partial charge in [0, 0.05) is 35.1 Å². The molecule has 1 saturated heterocycles. The second kappa shape index (κ2) is 5.70. The Morgan fingerprint density at radius 2 is 2.29 bits per heavy atom. The van der Waals surface area contributed by atoms with E-state index in [1.807, 2.05) is 31.0 Å². The van der Waals surface area contributed by atoms with Gasteiger partial charge in [-0.1, -0.05) is 11.6 Å². The Labute approximate surface area is 129 Å². The predicted molar refractivity (Wildman–Crippen MR) is 83.9 cm³/mol. The van der Waals surface area contributed by atoms with Crippen molar-refractivity contribution in [2.75, 3.05) is 20.1 Å². The molecule has 5 heteroatoms. The first kappa shape index (κ1) is 14.4. The quantitative estimate of drug-likeness (QED) is 0.926. The Kier molecular flexibility index (Phi) is 3.91. The minimum Gasteiger partial charge on any atom is -0.451 e. The van der Waals surface area contributed by atoms with Crippen LogP contribution in [0.25, 0.3) is 11.0 Å². The number of hydrogen-bond acceptors (Lipinski definition) is 3. The van der Waals surface area contributed by atoms with E-state index in [2.05, 4.69) is 5.32 Å². The van der Waals surface area contributed by atoms with E-state index in [-0.39, 0.29) is 5.91 Å². The Morgan fingerprint density at radius 1 is 1.48 bits per heavy atom. The molecule has 0 aliphatic carbocycles. The fourth-order valence-corrected chi connectivity index (χ4v) is 3.11. The van der Waals surface area contributed by atoms with Gasteiger partial charge in [-0.2, -0.15) is 0 Å². The molecular formula is C16H19ClN2O2. The van der Waals surface area contributed by atoms with E-state index in [0.29, 0.717) is 22.4 Å². The molecule has 2 aromatic rings. The number of nitrogens with one attached hydrogen (secondary N) is 1. The van der Waals surface area contributed by atoms with Gasteiger partial charge in [-0.25, -0.2) is 0 Å². The maximum atomic E-state index is 12.7. The highest BCUT2D eigenvalue weighted by atomic mass is 35.5. The van der Waals surface area contributed by atoms with Crippen molar-refractivity contribution in [1.82, 2.24) is 10.2 Å². The molecule has 0 bridgehead atoms. The van der Waals surface area contributed by atoms with E-state index in [4.69, 9.17) is 16.0 Å². The van der Waals surface area contributed by atoms with Gasteiger partial charge in [0.15, 0.2) is 5.76 Å². The number of benzene rings is 1. The van der Waals surface area contributed by atoms with Crippen molar-refractivity contribution < 1.29 is 9.21 Å². The van der Waals surface area contributed by atoms with E-state index in [0.717, 1.165) is 36.9 Å². The van der Waals surface area contributed by atoms with Crippen molar-refractivity contribution in [1.29, 1.82) is 0 Å². The number of carbonyl (C=O) groups is 1. The molecule has 1 aromatic carbocycles. The van der Waals surface area contributed by atoms with Crippen LogP contribution in [0.15, 0.2) is 22.6 Å². The van der Waals surface area contributed by atoms with Gasteiger partial charge in [0.2, 0.25) is 0 Å². The zero-order valence-corrected chi connectivity index (χ0v) is 13.0. The first-order valence-corrected chi connectivity index (χ1v) is 7.63. The molecule has 1 aliphatic rings.